The highest BCUT2D eigenvalue weighted by atomic mass is 35.5. The van der Waals surface area contributed by atoms with E-state index in [0.717, 1.165) is 0 Å². The molecule has 3 nitrogen and oxygen atoms in total. The minimum absolute atomic E-state index is 0.549. The van der Waals surface area contributed by atoms with Crippen molar-refractivity contribution in [2.24, 2.45) is 0 Å². The van der Waals surface area contributed by atoms with E-state index in [2.05, 4.69) is 9.97 Å². The summed E-state index contributed by atoms with van der Waals surface area (Å²) in [5.74, 6) is 0. The molecule has 62 valence electrons. The number of rotatable bonds is 1. The van der Waals surface area contributed by atoms with Gasteiger partial charge in [-0.3, -0.25) is 0 Å². The molecule has 0 radical (unpaired) electrons. The predicted molar refractivity (Wildman–Crippen MR) is 48.6 cm³/mol. The van der Waals surface area contributed by atoms with Crippen LogP contribution in [0.4, 0.5) is 0 Å². The fraction of sp³-hybridized carbons (Fsp3) is 0.143. The summed E-state index contributed by atoms with van der Waals surface area (Å²) < 4.78 is 5.31. The lowest BCUT2D eigenvalue weighted by Crippen LogP contribution is -1.74. The highest BCUT2D eigenvalue weighted by molar-refractivity contribution is 7.98. The Hall–Kier alpha value is -0.740. The van der Waals surface area contributed by atoms with Gasteiger partial charge in [0.25, 0.3) is 5.22 Å². The molecule has 0 saturated carbocycles. The Kier molecular flexibility index (Phi) is 1.94. The van der Waals surface area contributed by atoms with Crippen molar-refractivity contribution in [2.75, 3.05) is 6.26 Å². The maximum Gasteiger partial charge on any atom is 0.258 e. The highest BCUT2D eigenvalue weighted by Crippen LogP contribution is 2.25. The van der Waals surface area contributed by atoms with Crippen LogP contribution in [0.25, 0.3) is 11.2 Å². The molecular formula is C7H5ClN2OS. The first-order valence-electron chi connectivity index (χ1n) is 3.26. The topological polar surface area (TPSA) is 38.9 Å². The van der Waals surface area contributed by atoms with E-state index in [4.69, 9.17) is 16.0 Å². The molecule has 0 aromatic carbocycles. The van der Waals surface area contributed by atoms with Crippen LogP contribution in [0.2, 0.25) is 5.02 Å². The molecule has 0 aliphatic heterocycles. The van der Waals surface area contributed by atoms with Crippen LogP contribution in [0.3, 0.4) is 0 Å². The van der Waals surface area contributed by atoms with Gasteiger partial charge in [-0.25, -0.2) is 4.98 Å². The van der Waals surface area contributed by atoms with E-state index in [1.165, 1.54) is 11.8 Å². The summed E-state index contributed by atoms with van der Waals surface area (Å²) in [6.45, 7) is 0. The molecule has 0 atom stereocenters. The largest absolute Gasteiger partial charge is 0.428 e. The normalized spacial score (nSPS) is 10.8. The SMILES string of the molecule is CSc1nc2nccc(Cl)c2o1. The van der Waals surface area contributed by atoms with E-state index >= 15 is 0 Å². The van der Waals surface area contributed by atoms with Crippen molar-refractivity contribution in [3.63, 3.8) is 0 Å². The number of nitrogens with zero attached hydrogens (tertiary/aromatic N) is 2. The number of hydrogen-bond donors (Lipinski definition) is 0. The van der Waals surface area contributed by atoms with Gasteiger partial charge in [0, 0.05) is 6.20 Å². The zero-order valence-corrected chi connectivity index (χ0v) is 7.82. The highest BCUT2D eigenvalue weighted by Gasteiger charge is 2.07. The summed E-state index contributed by atoms with van der Waals surface area (Å²) in [5, 5.41) is 1.14. The average Bonchev–Trinajstić information content (AvgIpc) is 2.49. The van der Waals surface area contributed by atoms with Crippen LogP contribution >= 0.6 is 23.4 Å². The van der Waals surface area contributed by atoms with Gasteiger partial charge in [0.2, 0.25) is 5.65 Å². The van der Waals surface area contributed by atoms with Crippen molar-refractivity contribution in [3.05, 3.63) is 17.3 Å². The monoisotopic (exact) mass is 200 g/mol. The summed E-state index contributed by atoms with van der Waals surface area (Å²) in [6.07, 6.45) is 3.50. The van der Waals surface area contributed by atoms with E-state index in [1.807, 2.05) is 6.26 Å². The predicted octanol–water partition coefficient (Wildman–Crippen LogP) is 2.60. The molecule has 2 aromatic rings. The van der Waals surface area contributed by atoms with Crippen LogP contribution < -0.4 is 0 Å². The summed E-state index contributed by atoms with van der Waals surface area (Å²) in [4.78, 5) is 8.10. The van der Waals surface area contributed by atoms with Crippen molar-refractivity contribution < 1.29 is 4.42 Å². The minimum Gasteiger partial charge on any atom is -0.428 e. The Bertz CT molecular complexity index is 415. The van der Waals surface area contributed by atoms with E-state index in [0.29, 0.717) is 21.5 Å². The van der Waals surface area contributed by atoms with Crippen LogP contribution in [0.15, 0.2) is 21.9 Å². The first kappa shape index (κ1) is 7.89. The third-order valence-corrected chi connectivity index (χ3v) is 2.22. The van der Waals surface area contributed by atoms with Gasteiger partial charge in [0.15, 0.2) is 5.58 Å². The Morgan fingerprint density at radius 3 is 3.08 bits per heavy atom. The van der Waals surface area contributed by atoms with Gasteiger partial charge in [0.05, 0.1) is 5.02 Å². The van der Waals surface area contributed by atoms with E-state index in [1.54, 1.807) is 12.3 Å². The van der Waals surface area contributed by atoms with Gasteiger partial charge >= 0.3 is 0 Å². The zero-order valence-electron chi connectivity index (χ0n) is 6.24. The number of halogens is 1. The smallest absolute Gasteiger partial charge is 0.258 e. The lowest BCUT2D eigenvalue weighted by atomic mass is 10.5. The molecular weight excluding hydrogens is 196 g/mol. The fourth-order valence-electron chi connectivity index (χ4n) is 0.872. The van der Waals surface area contributed by atoms with Crippen LogP contribution in [-0.4, -0.2) is 16.2 Å². The van der Waals surface area contributed by atoms with Crippen molar-refractivity contribution in [2.45, 2.75) is 5.22 Å². The average molecular weight is 201 g/mol. The van der Waals surface area contributed by atoms with Gasteiger partial charge in [-0.1, -0.05) is 23.4 Å². The molecule has 2 aromatic heterocycles. The second-order valence-electron chi connectivity index (χ2n) is 2.13. The van der Waals surface area contributed by atoms with Crippen molar-refractivity contribution in [1.29, 1.82) is 0 Å². The summed E-state index contributed by atoms with van der Waals surface area (Å²) >= 11 is 7.27. The molecule has 0 fully saturated rings. The minimum atomic E-state index is 0.549. The Labute approximate surface area is 78.1 Å². The summed E-state index contributed by atoms with van der Waals surface area (Å²) in [5.41, 5.74) is 1.12. The maximum atomic E-state index is 5.84. The van der Waals surface area contributed by atoms with Crippen molar-refractivity contribution >= 4 is 34.6 Å². The molecule has 0 aliphatic carbocycles. The molecule has 0 bridgehead atoms. The molecule has 2 rings (SSSR count). The van der Waals surface area contributed by atoms with Crippen molar-refractivity contribution in [1.82, 2.24) is 9.97 Å². The molecule has 0 spiro atoms. The first-order valence-corrected chi connectivity index (χ1v) is 4.86. The second-order valence-corrected chi connectivity index (χ2v) is 3.29. The maximum absolute atomic E-state index is 5.84. The van der Waals surface area contributed by atoms with E-state index < -0.39 is 0 Å². The number of pyridine rings is 1. The third kappa shape index (κ3) is 1.17. The molecule has 0 aliphatic rings. The zero-order chi connectivity index (χ0) is 8.55. The molecule has 0 N–H and O–H groups in total. The second kappa shape index (κ2) is 2.95. The summed E-state index contributed by atoms with van der Waals surface area (Å²) in [6, 6.07) is 1.68. The number of fused-ring (bicyclic) bond motifs is 1. The van der Waals surface area contributed by atoms with Crippen LogP contribution in [0, 0.1) is 0 Å². The lowest BCUT2D eigenvalue weighted by Gasteiger charge is -1.86. The Balaban J connectivity index is 2.74. The Morgan fingerprint density at radius 2 is 2.42 bits per heavy atom. The quantitative estimate of drug-likeness (QED) is 0.664. The van der Waals surface area contributed by atoms with Gasteiger partial charge in [-0.15, -0.1) is 0 Å². The summed E-state index contributed by atoms with van der Waals surface area (Å²) in [7, 11) is 0. The number of hydrogen-bond acceptors (Lipinski definition) is 4. The standard InChI is InChI=1S/C7H5ClN2OS/c1-12-7-10-6-5(11-7)4(8)2-3-9-6/h2-3H,1H3. The van der Waals surface area contributed by atoms with Gasteiger partial charge in [-0.05, 0) is 12.3 Å². The molecule has 0 amide bonds. The molecule has 2 heterocycles. The van der Waals surface area contributed by atoms with Crippen molar-refractivity contribution in [3.8, 4) is 0 Å². The van der Waals surface area contributed by atoms with E-state index in [9.17, 15) is 0 Å². The number of thioether (sulfide) groups is 1. The van der Waals surface area contributed by atoms with Crippen LogP contribution in [-0.2, 0) is 0 Å². The van der Waals surface area contributed by atoms with E-state index in [-0.39, 0.29) is 0 Å². The lowest BCUT2D eigenvalue weighted by molar-refractivity contribution is 0.490. The molecule has 0 saturated heterocycles. The van der Waals surface area contributed by atoms with Crippen LogP contribution in [0.5, 0.6) is 0 Å². The fourth-order valence-corrected chi connectivity index (χ4v) is 1.40. The molecule has 12 heavy (non-hydrogen) atoms. The molecule has 0 unspecified atom stereocenters. The van der Waals surface area contributed by atoms with Gasteiger partial charge in [-0.2, -0.15) is 4.98 Å². The molecule has 5 heteroatoms. The number of oxazole rings is 1. The van der Waals surface area contributed by atoms with Gasteiger partial charge < -0.3 is 4.42 Å². The van der Waals surface area contributed by atoms with Gasteiger partial charge in [0.1, 0.15) is 0 Å². The first-order chi connectivity index (χ1) is 5.81. The van der Waals surface area contributed by atoms with Crippen LogP contribution in [0.1, 0.15) is 0 Å². The Morgan fingerprint density at radius 1 is 1.58 bits per heavy atom. The third-order valence-electron chi connectivity index (χ3n) is 1.40. The number of aromatic nitrogens is 2.